The molecule has 1 aliphatic carbocycles. The molecule has 1 saturated carbocycles. The van der Waals surface area contributed by atoms with Crippen LogP contribution in [0.25, 0.3) is 0 Å². The Morgan fingerprint density at radius 1 is 1.18 bits per heavy atom. The number of hydrogen-bond donors (Lipinski definition) is 3. The van der Waals surface area contributed by atoms with E-state index in [0.29, 0.717) is 18.4 Å². The quantitative estimate of drug-likeness (QED) is 0.801. The van der Waals surface area contributed by atoms with E-state index in [1.807, 2.05) is 12.1 Å². The molecule has 0 unspecified atom stereocenters. The first kappa shape index (κ1) is 14.9. The second-order valence-corrected chi connectivity index (χ2v) is 6.23. The van der Waals surface area contributed by atoms with E-state index in [2.05, 4.69) is 16.7 Å². The molecule has 5 nitrogen and oxygen atoms in total. The Labute approximate surface area is 130 Å². The van der Waals surface area contributed by atoms with Crippen molar-refractivity contribution in [2.75, 3.05) is 11.9 Å². The number of aryl methyl sites for hydroxylation is 1. The third kappa shape index (κ3) is 3.08. The zero-order valence-electron chi connectivity index (χ0n) is 12.6. The van der Waals surface area contributed by atoms with Gasteiger partial charge in [-0.2, -0.15) is 0 Å². The number of carbonyl (C=O) groups excluding carboxylic acids is 1. The van der Waals surface area contributed by atoms with Crippen LogP contribution in [0.1, 0.15) is 48.0 Å². The minimum Gasteiger partial charge on any atom is -0.481 e. The second kappa shape index (κ2) is 6.38. The van der Waals surface area contributed by atoms with Crippen molar-refractivity contribution in [1.82, 2.24) is 5.32 Å². The molecule has 3 rings (SSSR count). The van der Waals surface area contributed by atoms with E-state index >= 15 is 0 Å². The molecule has 5 heteroatoms. The molecule has 1 aliphatic heterocycles. The van der Waals surface area contributed by atoms with Crippen molar-refractivity contribution in [1.29, 1.82) is 0 Å². The number of aliphatic carboxylic acids is 1. The highest BCUT2D eigenvalue weighted by molar-refractivity contribution is 6.00. The smallest absolute Gasteiger partial charge is 0.306 e. The zero-order valence-corrected chi connectivity index (χ0v) is 12.6. The average molecular weight is 302 g/mol. The number of hydrogen-bond acceptors (Lipinski definition) is 3. The molecule has 3 N–H and O–H groups in total. The molecular formula is C17H22N2O3. The molecule has 0 bridgehead atoms. The molecule has 118 valence electrons. The number of rotatable bonds is 3. The van der Waals surface area contributed by atoms with E-state index in [1.165, 1.54) is 5.56 Å². The molecular weight excluding hydrogens is 280 g/mol. The summed E-state index contributed by atoms with van der Waals surface area (Å²) in [5.41, 5.74) is 2.87. The fourth-order valence-electron chi connectivity index (χ4n) is 3.45. The van der Waals surface area contributed by atoms with Crippen molar-refractivity contribution in [3.8, 4) is 0 Å². The van der Waals surface area contributed by atoms with Crippen LogP contribution in [0.15, 0.2) is 18.2 Å². The maximum absolute atomic E-state index is 12.5. The highest BCUT2D eigenvalue weighted by Crippen LogP contribution is 2.28. The summed E-state index contributed by atoms with van der Waals surface area (Å²) in [6.07, 6.45) is 4.87. The lowest BCUT2D eigenvalue weighted by atomic mass is 9.86. The highest BCUT2D eigenvalue weighted by Gasteiger charge is 2.27. The second-order valence-electron chi connectivity index (χ2n) is 6.23. The summed E-state index contributed by atoms with van der Waals surface area (Å²) in [6.45, 7) is 0.904. The van der Waals surface area contributed by atoms with Gasteiger partial charge in [0, 0.05) is 12.6 Å². The van der Waals surface area contributed by atoms with Crippen LogP contribution < -0.4 is 10.6 Å². The van der Waals surface area contributed by atoms with Gasteiger partial charge in [0.25, 0.3) is 5.91 Å². The van der Waals surface area contributed by atoms with Gasteiger partial charge in [-0.3, -0.25) is 9.59 Å². The number of amides is 1. The van der Waals surface area contributed by atoms with Gasteiger partial charge in [0.15, 0.2) is 0 Å². The lowest BCUT2D eigenvalue weighted by Crippen LogP contribution is -2.39. The van der Waals surface area contributed by atoms with Crippen LogP contribution in [0.2, 0.25) is 0 Å². The van der Waals surface area contributed by atoms with Crippen LogP contribution >= 0.6 is 0 Å². The van der Waals surface area contributed by atoms with Crippen molar-refractivity contribution in [3.05, 3.63) is 29.3 Å². The fourth-order valence-corrected chi connectivity index (χ4v) is 3.45. The lowest BCUT2D eigenvalue weighted by molar-refractivity contribution is -0.142. The number of carbonyl (C=O) groups is 2. The number of anilines is 1. The topological polar surface area (TPSA) is 78.4 Å². The van der Waals surface area contributed by atoms with E-state index in [-0.39, 0.29) is 17.9 Å². The van der Waals surface area contributed by atoms with Crippen molar-refractivity contribution >= 4 is 17.6 Å². The molecule has 1 aromatic carbocycles. The van der Waals surface area contributed by atoms with Crippen molar-refractivity contribution in [3.63, 3.8) is 0 Å². The van der Waals surface area contributed by atoms with E-state index in [1.54, 1.807) is 0 Å². The van der Waals surface area contributed by atoms with Crippen LogP contribution in [0.3, 0.4) is 0 Å². The van der Waals surface area contributed by atoms with Crippen LogP contribution in [0, 0.1) is 5.92 Å². The van der Waals surface area contributed by atoms with Gasteiger partial charge in [0.1, 0.15) is 0 Å². The first-order valence-electron chi connectivity index (χ1n) is 8.04. The van der Waals surface area contributed by atoms with Crippen LogP contribution in [0.5, 0.6) is 0 Å². The Bertz CT molecular complexity index is 577. The predicted octanol–water partition coefficient (Wildman–Crippen LogP) is 2.42. The van der Waals surface area contributed by atoms with E-state index in [4.69, 9.17) is 5.11 Å². The summed E-state index contributed by atoms with van der Waals surface area (Å²) in [7, 11) is 0. The highest BCUT2D eigenvalue weighted by atomic mass is 16.4. The molecule has 0 aromatic heterocycles. The predicted molar refractivity (Wildman–Crippen MR) is 84.1 cm³/mol. The monoisotopic (exact) mass is 302 g/mol. The average Bonchev–Trinajstić information content (AvgIpc) is 2.54. The fraction of sp³-hybridized carbons (Fsp3) is 0.529. The van der Waals surface area contributed by atoms with Gasteiger partial charge in [0.05, 0.1) is 17.2 Å². The first-order valence-corrected chi connectivity index (χ1v) is 8.04. The van der Waals surface area contributed by atoms with Gasteiger partial charge in [-0.05, 0) is 50.2 Å². The maximum atomic E-state index is 12.5. The van der Waals surface area contributed by atoms with Gasteiger partial charge >= 0.3 is 5.97 Å². The molecule has 2 aliphatic rings. The summed E-state index contributed by atoms with van der Waals surface area (Å²) in [4.78, 5) is 23.5. The van der Waals surface area contributed by atoms with Gasteiger partial charge in [-0.1, -0.05) is 12.1 Å². The SMILES string of the molecule is O=C(NC1CCC(C(=O)O)CC1)c1cccc2c1NCCC2. The Kier molecular flexibility index (Phi) is 4.32. The van der Waals surface area contributed by atoms with Crippen molar-refractivity contribution in [2.45, 2.75) is 44.6 Å². The number of para-hydroxylation sites is 1. The first-order chi connectivity index (χ1) is 10.6. The summed E-state index contributed by atoms with van der Waals surface area (Å²) in [5, 5.41) is 15.4. The zero-order chi connectivity index (χ0) is 15.5. The van der Waals surface area contributed by atoms with Gasteiger partial charge in [-0.15, -0.1) is 0 Å². The largest absolute Gasteiger partial charge is 0.481 e. The third-order valence-corrected chi connectivity index (χ3v) is 4.73. The molecule has 0 atom stereocenters. The number of nitrogens with one attached hydrogen (secondary N) is 2. The minimum absolute atomic E-state index is 0.0509. The summed E-state index contributed by atoms with van der Waals surface area (Å²) in [5.74, 6) is -1.02. The van der Waals surface area contributed by atoms with E-state index in [0.717, 1.165) is 37.9 Å². The summed E-state index contributed by atoms with van der Waals surface area (Å²) >= 11 is 0. The van der Waals surface area contributed by atoms with E-state index in [9.17, 15) is 9.59 Å². The molecule has 0 spiro atoms. The van der Waals surface area contributed by atoms with Crippen molar-refractivity contribution < 1.29 is 14.7 Å². The molecule has 1 heterocycles. The summed E-state index contributed by atoms with van der Waals surface area (Å²) < 4.78 is 0. The van der Waals surface area contributed by atoms with Crippen LogP contribution in [-0.2, 0) is 11.2 Å². The number of carboxylic acids is 1. The van der Waals surface area contributed by atoms with Crippen LogP contribution in [-0.4, -0.2) is 29.6 Å². The standard InChI is InChI=1S/C17H22N2O3/c20-16(19-13-8-6-12(7-9-13)17(21)22)14-5-1-3-11-4-2-10-18-15(11)14/h1,3,5,12-13,18H,2,4,6-10H2,(H,19,20)(H,21,22). The number of benzene rings is 1. The summed E-state index contributed by atoms with van der Waals surface area (Å²) in [6, 6.07) is 5.94. The van der Waals surface area contributed by atoms with E-state index < -0.39 is 5.97 Å². The third-order valence-electron chi connectivity index (χ3n) is 4.73. The Balaban J connectivity index is 1.65. The molecule has 1 fully saturated rings. The molecule has 1 amide bonds. The Hall–Kier alpha value is -2.04. The molecule has 0 saturated heterocycles. The molecule has 0 radical (unpaired) electrons. The van der Waals surface area contributed by atoms with Gasteiger partial charge in [-0.25, -0.2) is 0 Å². The van der Waals surface area contributed by atoms with Gasteiger partial charge < -0.3 is 15.7 Å². The Morgan fingerprint density at radius 3 is 2.68 bits per heavy atom. The van der Waals surface area contributed by atoms with Crippen LogP contribution in [0.4, 0.5) is 5.69 Å². The molecule has 22 heavy (non-hydrogen) atoms. The minimum atomic E-state index is -0.717. The normalized spacial score (nSPS) is 24.0. The maximum Gasteiger partial charge on any atom is 0.306 e. The van der Waals surface area contributed by atoms with Gasteiger partial charge in [0.2, 0.25) is 0 Å². The Morgan fingerprint density at radius 2 is 1.95 bits per heavy atom. The number of fused-ring (bicyclic) bond motifs is 1. The lowest BCUT2D eigenvalue weighted by Gasteiger charge is -2.27. The number of carboxylic acid groups (broad SMARTS) is 1. The molecule has 1 aromatic rings. The van der Waals surface area contributed by atoms with Crippen molar-refractivity contribution in [2.24, 2.45) is 5.92 Å².